The quantitative estimate of drug-likeness (QED) is 0.701. The molecule has 0 saturated carbocycles. The monoisotopic (exact) mass is 201 g/mol. The summed E-state index contributed by atoms with van der Waals surface area (Å²) in [5, 5.41) is 0.648. The molecule has 1 radical (unpaired) electrons. The van der Waals surface area contributed by atoms with Gasteiger partial charge in [0.05, 0.1) is 0 Å². The first-order valence-corrected chi connectivity index (χ1v) is 4.55. The van der Waals surface area contributed by atoms with E-state index in [4.69, 9.17) is 4.42 Å². The molecule has 0 aliphatic rings. The molecule has 0 aliphatic heterocycles. The Morgan fingerprint density at radius 3 is 2.60 bits per heavy atom. The van der Waals surface area contributed by atoms with Crippen LogP contribution in [0.3, 0.4) is 0 Å². The van der Waals surface area contributed by atoms with Crippen molar-refractivity contribution in [1.29, 1.82) is 0 Å². The SMILES string of the molecule is CC(=O)c1cc2c(C(C)=O)[c]ccc2o1. The third-order valence-electron chi connectivity index (χ3n) is 2.19. The lowest BCUT2D eigenvalue weighted by Gasteiger charge is -1.94. The highest BCUT2D eigenvalue weighted by Crippen LogP contribution is 2.23. The van der Waals surface area contributed by atoms with Gasteiger partial charge >= 0.3 is 0 Å². The van der Waals surface area contributed by atoms with Crippen molar-refractivity contribution in [2.45, 2.75) is 13.8 Å². The Balaban J connectivity index is 2.75. The zero-order chi connectivity index (χ0) is 11.0. The highest BCUT2D eigenvalue weighted by atomic mass is 16.3. The summed E-state index contributed by atoms with van der Waals surface area (Å²) < 4.78 is 5.30. The van der Waals surface area contributed by atoms with E-state index in [1.807, 2.05) is 0 Å². The summed E-state index contributed by atoms with van der Waals surface area (Å²) in [6.45, 7) is 2.89. The molecule has 1 aromatic carbocycles. The molecule has 3 nitrogen and oxygen atoms in total. The molecule has 0 fully saturated rings. The van der Waals surface area contributed by atoms with E-state index in [1.54, 1.807) is 18.2 Å². The molecule has 2 aromatic rings. The Morgan fingerprint density at radius 1 is 1.27 bits per heavy atom. The van der Waals surface area contributed by atoms with Gasteiger partial charge in [-0.05, 0) is 31.2 Å². The highest BCUT2D eigenvalue weighted by Gasteiger charge is 2.12. The van der Waals surface area contributed by atoms with E-state index in [9.17, 15) is 9.59 Å². The second-order valence-corrected chi connectivity index (χ2v) is 3.35. The average Bonchev–Trinajstić information content (AvgIpc) is 2.60. The van der Waals surface area contributed by atoms with Crippen molar-refractivity contribution in [1.82, 2.24) is 0 Å². The molecule has 0 N–H and O–H groups in total. The van der Waals surface area contributed by atoms with Gasteiger partial charge < -0.3 is 4.42 Å². The van der Waals surface area contributed by atoms with E-state index in [-0.39, 0.29) is 17.3 Å². The van der Waals surface area contributed by atoms with E-state index < -0.39 is 0 Å². The van der Waals surface area contributed by atoms with E-state index >= 15 is 0 Å². The summed E-state index contributed by atoms with van der Waals surface area (Å²) in [6, 6.07) is 7.74. The Morgan fingerprint density at radius 2 is 2.00 bits per heavy atom. The predicted molar refractivity (Wildman–Crippen MR) is 55.1 cm³/mol. The summed E-state index contributed by atoms with van der Waals surface area (Å²) in [5.41, 5.74) is 1.01. The van der Waals surface area contributed by atoms with Crippen LogP contribution in [0.1, 0.15) is 34.8 Å². The first kappa shape index (κ1) is 9.65. The van der Waals surface area contributed by atoms with Crippen molar-refractivity contribution in [3.63, 3.8) is 0 Å². The topological polar surface area (TPSA) is 47.3 Å². The fourth-order valence-corrected chi connectivity index (χ4v) is 1.47. The van der Waals surface area contributed by atoms with Gasteiger partial charge in [-0.25, -0.2) is 0 Å². The van der Waals surface area contributed by atoms with Gasteiger partial charge in [0.15, 0.2) is 17.3 Å². The molecule has 15 heavy (non-hydrogen) atoms. The lowest BCUT2D eigenvalue weighted by Crippen LogP contribution is -1.91. The molecule has 1 heterocycles. The number of benzene rings is 1. The number of rotatable bonds is 2. The number of ketones is 2. The van der Waals surface area contributed by atoms with Crippen molar-refractivity contribution >= 4 is 22.5 Å². The van der Waals surface area contributed by atoms with E-state index in [2.05, 4.69) is 6.07 Å². The number of carbonyl (C=O) groups excluding carboxylic acids is 2. The highest BCUT2D eigenvalue weighted by molar-refractivity contribution is 6.07. The van der Waals surface area contributed by atoms with Crippen LogP contribution >= 0.6 is 0 Å². The van der Waals surface area contributed by atoms with Crippen molar-refractivity contribution in [3.05, 3.63) is 35.6 Å². The summed E-state index contributed by atoms with van der Waals surface area (Å²) in [6.07, 6.45) is 0. The predicted octanol–water partition coefficient (Wildman–Crippen LogP) is 2.64. The lowest BCUT2D eigenvalue weighted by molar-refractivity contribution is 0.0987. The van der Waals surface area contributed by atoms with Crippen molar-refractivity contribution in [2.75, 3.05) is 0 Å². The fraction of sp³-hybridized carbons (Fsp3) is 0.167. The molecule has 3 heteroatoms. The van der Waals surface area contributed by atoms with Crippen LogP contribution in [0.4, 0.5) is 0 Å². The number of carbonyl (C=O) groups is 2. The number of furan rings is 1. The molecule has 0 amide bonds. The first-order chi connectivity index (χ1) is 7.09. The van der Waals surface area contributed by atoms with Gasteiger partial charge in [0.2, 0.25) is 0 Å². The van der Waals surface area contributed by atoms with Gasteiger partial charge in [0, 0.05) is 17.9 Å². The number of hydrogen-bond donors (Lipinski definition) is 0. The lowest BCUT2D eigenvalue weighted by atomic mass is 10.1. The van der Waals surface area contributed by atoms with Gasteiger partial charge in [0.1, 0.15) is 5.58 Å². The minimum atomic E-state index is -0.152. The molecule has 0 spiro atoms. The van der Waals surface area contributed by atoms with E-state index in [0.717, 1.165) is 0 Å². The number of fused-ring (bicyclic) bond motifs is 1. The van der Waals surface area contributed by atoms with Crippen LogP contribution in [0, 0.1) is 6.07 Å². The minimum Gasteiger partial charge on any atom is -0.453 e. The third kappa shape index (κ3) is 1.56. The smallest absolute Gasteiger partial charge is 0.194 e. The third-order valence-corrected chi connectivity index (χ3v) is 2.19. The molecule has 1 aromatic heterocycles. The van der Waals surface area contributed by atoms with Crippen LogP contribution in [-0.2, 0) is 0 Å². The maximum atomic E-state index is 11.3. The van der Waals surface area contributed by atoms with Crippen molar-refractivity contribution < 1.29 is 14.0 Å². The zero-order valence-corrected chi connectivity index (χ0v) is 8.46. The Kier molecular flexibility index (Phi) is 2.15. The standard InChI is InChI=1S/C12H9O3/c1-7(13)9-4-3-5-11-10(9)6-12(15-11)8(2)14/h3,5-6H,1-2H3. The molecule has 0 aliphatic carbocycles. The molecule has 75 valence electrons. The molecule has 0 unspecified atom stereocenters. The van der Waals surface area contributed by atoms with E-state index in [1.165, 1.54) is 13.8 Å². The Labute approximate surface area is 86.7 Å². The van der Waals surface area contributed by atoms with Crippen LogP contribution < -0.4 is 0 Å². The zero-order valence-electron chi connectivity index (χ0n) is 8.46. The second kappa shape index (κ2) is 3.35. The van der Waals surface area contributed by atoms with Gasteiger partial charge in [-0.3, -0.25) is 9.59 Å². The summed E-state index contributed by atoms with van der Waals surface area (Å²) >= 11 is 0. The average molecular weight is 201 g/mol. The summed E-state index contributed by atoms with van der Waals surface area (Å²) in [7, 11) is 0. The molecular weight excluding hydrogens is 192 g/mol. The molecule has 0 atom stereocenters. The normalized spacial score (nSPS) is 10.5. The summed E-state index contributed by atoms with van der Waals surface area (Å²) in [4.78, 5) is 22.4. The Hall–Kier alpha value is -1.90. The van der Waals surface area contributed by atoms with Crippen molar-refractivity contribution in [2.24, 2.45) is 0 Å². The maximum absolute atomic E-state index is 11.3. The summed E-state index contributed by atoms with van der Waals surface area (Å²) in [5.74, 6) is 0.0318. The fourth-order valence-electron chi connectivity index (χ4n) is 1.47. The van der Waals surface area contributed by atoms with Crippen molar-refractivity contribution in [3.8, 4) is 0 Å². The van der Waals surface area contributed by atoms with Gasteiger partial charge in [-0.15, -0.1) is 0 Å². The molecular formula is C12H9O3. The largest absolute Gasteiger partial charge is 0.453 e. The van der Waals surface area contributed by atoms with Crippen LogP contribution in [-0.4, -0.2) is 11.6 Å². The van der Waals surface area contributed by atoms with Gasteiger partial charge in [0.25, 0.3) is 0 Å². The van der Waals surface area contributed by atoms with Crippen LogP contribution in [0.25, 0.3) is 11.0 Å². The van der Waals surface area contributed by atoms with Crippen LogP contribution in [0.5, 0.6) is 0 Å². The molecule has 0 bridgehead atoms. The van der Waals surface area contributed by atoms with E-state index in [0.29, 0.717) is 16.5 Å². The first-order valence-electron chi connectivity index (χ1n) is 4.55. The van der Waals surface area contributed by atoms with Gasteiger partial charge in [-0.2, -0.15) is 0 Å². The number of hydrogen-bond acceptors (Lipinski definition) is 3. The molecule has 2 rings (SSSR count). The second-order valence-electron chi connectivity index (χ2n) is 3.35. The van der Waals surface area contributed by atoms with Crippen LogP contribution in [0.15, 0.2) is 22.6 Å². The minimum absolute atomic E-state index is 0.0866. The van der Waals surface area contributed by atoms with Crippen LogP contribution in [0.2, 0.25) is 0 Å². The Bertz CT molecular complexity index is 549. The van der Waals surface area contributed by atoms with Gasteiger partial charge in [-0.1, -0.05) is 0 Å². The maximum Gasteiger partial charge on any atom is 0.194 e. The number of Topliss-reactive ketones (excluding diaryl/α,β-unsaturated/α-hetero) is 2. The molecule has 0 saturated heterocycles.